The van der Waals surface area contributed by atoms with Crippen molar-refractivity contribution in [2.45, 2.75) is 60.8 Å². The highest BCUT2D eigenvalue weighted by atomic mass is 16.5. The van der Waals surface area contributed by atoms with Crippen molar-refractivity contribution < 1.29 is 14.3 Å². The molecule has 1 N–H and O–H groups in total. The van der Waals surface area contributed by atoms with Crippen LogP contribution in [0.4, 0.5) is 0 Å². The summed E-state index contributed by atoms with van der Waals surface area (Å²) in [7, 11) is 0. The maximum atomic E-state index is 11.0. The van der Waals surface area contributed by atoms with Gasteiger partial charge in [-0.3, -0.25) is 9.59 Å². The number of hydrogen-bond acceptors (Lipinski definition) is 3. The Morgan fingerprint density at radius 1 is 1.00 bits per heavy atom. The summed E-state index contributed by atoms with van der Waals surface area (Å²) in [5.41, 5.74) is 0. The molecule has 0 saturated heterocycles. The lowest BCUT2D eigenvalue weighted by molar-refractivity contribution is -0.144. The minimum atomic E-state index is -0.311. The third-order valence-corrected chi connectivity index (χ3v) is 1.43. The van der Waals surface area contributed by atoms with Crippen molar-refractivity contribution in [3.05, 3.63) is 0 Å². The highest BCUT2D eigenvalue weighted by molar-refractivity contribution is 5.81. The number of rotatable bonds is 6. The van der Waals surface area contributed by atoms with Gasteiger partial charge >= 0.3 is 5.97 Å². The summed E-state index contributed by atoms with van der Waals surface area (Å²) in [6.45, 7) is 12.8. The van der Waals surface area contributed by atoms with Gasteiger partial charge < -0.3 is 10.1 Å². The van der Waals surface area contributed by atoms with Crippen molar-refractivity contribution in [3.8, 4) is 0 Å². The topological polar surface area (TPSA) is 55.4 Å². The van der Waals surface area contributed by atoms with Gasteiger partial charge in [0.1, 0.15) is 0 Å². The quantitative estimate of drug-likeness (QED) is 0.734. The number of ether oxygens (including phenoxy) is 1. The zero-order chi connectivity index (χ0) is 14.1. The van der Waals surface area contributed by atoms with E-state index in [0.29, 0.717) is 13.2 Å². The number of carbonyl (C=O) groups excluding carboxylic acids is 2. The Morgan fingerprint density at radius 3 is 1.94 bits per heavy atom. The summed E-state index contributed by atoms with van der Waals surface area (Å²) in [5.74, 6) is -0.399. The van der Waals surface area contributed by atoms with Crippen LogP contribution in [0.2, 0.25) is 0 Å². The van der Waals surface area contributed by atoms with Crippen molar-refractivity contribution in [3.63, 3.8) is 0 Å². The van der Waals surface area contributed by atoms with E-state index in [2.05, 4.69) is 10.1 Å². The first-order valence-electron chi connectivity index (χ1n) is 6.63. The van der Waals surface area contributed by atoms with Gasteiger partial charge in [-0.05, 0) is 13.3 Å². The Morgan fingerprint density at radius 2 is 1.53 bits per heavy atom. The molecule has 0 atom stereocenters. The standard InChI is InChI=1S/C9H17NO3.2C2H6/c1-3-7-10-8(11)5-6-9(12)13-4-2;2*1-2/h3-7H2,1-2H3,(H,10,11);2*1-2H3. The monoisotopic (exact) mass is 247 g/mol. The zero-order valence-corrected chi connectivity index (χ0v) is 12.3. The molecule has 0 aliphatic carbocycles. The average Bonchev–Trinajstić information content (AvgIpc) is 2.39. The van der Waals surface area contributed by atoms with Gasteiger partial charge in [0, 0.05) is 13.0 Å². The third-order valence-electron chi connectivity index (χ3n) is 1.43. The van der Waals surface area contributed by atoms with Crippen molar-refractivity contribution >= 4 is 11.9 Å². The van der Waals surface area contributed by atoms with Crippen molar-refractivity contribution in [2.75, 3.05) is 13.2 Å². The van der Waals surface area contributed by atoms with E-state index in [0.717, 1.165) is 6.42 Å². The van der Waals surface area contributed by atoms with Crippen LogP contribution in [0.15, 0.2) is 0 Å². The maximum absolute atomic E-state index is 11.0. The SMILES string of the molecule is CC.CC.CCCNC(=O)CCC(=O)OCC. The first-order chi connectivity index (χ1) is 8.20. The van der Waals surface area contributed by atoms with Gasteiger partial charge in [-0.15, -0.1) is 0 Å². The van der Waals surface area contributed by atoms with Gasteiger partial charge in [0.25, 0.3) is 0 Å². The lowest BCUT2D eigenvalue weighted by atomic mass is 10.3. The van der Waals surface area contributed by atoms with E-state index in [1.54, 1.807) is 6.92 Å². The van der Waals surface area contributed by atoms with E-state index in [1.165, 1.54) is 0 Å². The number of esters is 1. The van der Waals surface area contributed by atoms with Crippen LogP contribution >= 0.6 is 0 Å². The van der Waals surface area contributed by atoms with Crippen LogP contribution in [0.25, 0.3) is 0 Å². The van der Waals surface area contributed by atoms with E-state index >= 15 is 0 Å². The molecule has 0 aromatic rings. The normalized spacial score (nSPS) is 7.88. The van der Waals surface area contributed by atoms with Crippen LogP contribution in [0.5, 0.6) is 0 Å². The minimum absolute atomic E-state index is 0.0881. The largest absolute Gasteiger partial charge is 0.466 e. The smallest absolute Gasteiger partial charge is 0.306 e. The molecular weight excluding hydrogens is 218 g/mol. The van der Waals surface area contributed by atoms with Crippen LogP contribution in [-0.2, 0) is 14.3 Å². The first-order valence-corrected chi connectivity index (χ1v) is 6.63. The maximum Gasteiger partial charge on any atom is 0.306 e. The average molecular weight is 247 g/mol. The van der Waals surface area contributed by atoms with Gasteiger partial charge in [-0.2, -0.15) is 0 Å². The van der Waals surface area contributed by atoms with Crippen molar-refractivity contribution in [1.29, 1.82) is 0 Å². The van der Waals surface area contributed by atoms with Crippen LogP contribution in [-0.4, -0.2) is 25.0 Å². The molecule has 0 fully saturated rings. The third kappa shape index (κ3) is 20.9. The summed E-state index contributed by atoms with van der Waals surface area (Å²) in [6.07, 6.45) is 1.30. The molecule has 4 nitrogen and oxygen atoms in total. The molecule has 0 saturated carbocycles. The van der Waals surface area contributed by atoms with Gasteiger partial charge in [0.15, 0.2) is 0 Å². The molecule has 0 aromatic carbocycles. The molecule has 0 aliphatic heterocycles. The van der Waals surface area contributed by atoms with Gasteiger partial charge in [0.05, 0.1) is 13.0 Å². The Labute approximate surface area is 106 Å². The van der Waals surface area contributed by atoms with Crippen molar-refractivity contribution in [1.82, 2.24) is 5.32 Å². The van der Waals surface area contributed by atoms with E-state index in [-0.39, 0.29) is 24.7 Å². The molecule has 0 aliphatic rings. The number of carbonyl (C=O) groups is 2. The lowest BCUT2D eigenvalue weighted by Crippen LogP contribution is -2.24. The molecular formula is C13H29NO3. The highest BCUT2D eigenvalue weighted by Crippen LogP contribution is 1.92. The Bertz CT molecular complexity index is 170. The highest BCUT2D eigenvalue weighted by Gasteiger charge is 2.05. The lowest BCUT2D eigenvalue weighted by Gasteiger charge is -2.02. The van der Waals surface area contributed by atoms with E-state index in [9.17, 15) is 9.59 Å². The minimum Gasteiger partial charge on any atom is -0.466 e. The fourth-order valence-corrected chi connectivity index (χ4v) is 0.802. The summed E-state index contributed by atoms with van der Waals surface area (Å²) in [6, 6.07) is 0. The molecule has 0 rings (SSSR count). The predicted octanol–water partition coefficient (Wildman–Crippen LogP) is 2.91. The number of amides is 1. The summed E-state index contributed by atoms with van der Waals surface area (Å²) in [4.78, 5) is 21.8. The molecule has 0 aromatic heterocycles. The second kappa shape index (κ2) is 20.4. The van der Waals surface area contributed by atoms with E-state index in [1.807, 2.05) is 34.6 Å². The second-order valence-corrected chi connectivity index (χ2v) is 2.65. The fraction of sp³-hybridized carbons (Fsp3) is 0.846. The van der Waals surface area contributed by atoms with Crippen molar-refractivity contribution in [2.24, 2.45) is 0 Å². The van der Waals surface area contributed by atoms with Crippen LogP contribution in [0.1, 0.15) is 60.8 Å². The van der Waals surface area contributed by atoms with Crippen LogP contribution < -0.4 is 5.32 Å². The number of nitrogens with one attached hydrogen (secondary N) is 1. The summed E-state index contributed by atoms with van der Waals surface area (Å²) in [5, 5.41) is 2.68. The van der Waals surface area contributed by atoms with Gasteiger partial charge in [0.2, 0.25) is 5.91 Å². The van der Waals surface area contributed by atoms with Crippen LogP contribution in [0, 0.1) is 0 Å². The van der Waals surface area contributed by atoms with Gasteiger partial charge in [-0.1, -0.05) is 34.6 Å². The summed E-state index contributed by atoms with van der Waals surface area (Å²) < 4.78 is 4.68. The molecule has 1 amide bonds. The molecule has 0 bridgehead atoms. The first kappa shape index (κ1) is 21.2. The second-order valence-electron chi connectivity index (χ2n) is 2.65. The predicted molar refractivity (Wildman–Crippen MR) is 71.9 cm³/mol. The molecule has 0 unspecified atom stereocenters. The Hall–Kier alpha value is -1.06. The molecule has 17 heavy (non-hydrogen) atoms. The number of hydrogen-bond donors (Lipinski definition) is 1. The Balaban J connectivity index is -0.000000439. The zero-order valence-electron chi connectivity index (χ0n) is 12.3. The molecule has 104 valence electrons. The van der Waals surface area contributed by atoms with Gasteiger partial charge in [-0.25, -0.2) is 0 Å². The Kier molecular flexibility index (Phi) is 25.5. The molecule has 0 radical (unpaired) electrons. The molecule has 0 heterocycles. The molecule has 0 spiro atoms. The van der Waals surface area contributed by atoms with E-state index < -0.39 is 0 Å². The van der Waals surface area contributed by atoms with Crippen LogP contribution in [0.3, 0.4) is 0 Å². The fourth-order valence-electron chi connectivity index (χ4n) is 0.802. The molecule has 4 heteroatoms. The van der Waals surface area contributed by atoms with E-state index in [4.69, 9.17) is 0 Å². The summed E-state index contributed by atoms with van der Waals surface area (Å²) >= 11 is 0.